The van der Waals surface area contributed by atoms with Gasteiger partial charge in [-0.2, -0.15) is 0 Å². The number of nitrogens with zero attached hydrogens (tertiary/aromatic N) is 2. The molecule has 28 heavy (non-hydrogen) atoms. The maximum atomic E-state index is 13.0. The molecule has 3 fully saturated rings. The summed E-state index contributed by atoms with van der Waals surface area (Å²) < 4.78 is 18.4. The van der Waals surface area contributed by atoms with E-state index in [2.05, 4.69) is 5.32 Å². The first kappa shape index (κ1) is 19.2. The fourth-order valence-corrected chi connectivity index (χ4v) is 4.57. The van der Waals surface area contributed by atoms with Gasteiger partial charge in [-0.3, -0.25) is 4.79 Å². The lowest BCUT2D eigenvalue weighted by atomic mass is 9.99. The van der Waals surface area contributed by atoms with E-state index >= 15 is 0 Å². The molecule has 1 aromatic rings. The minimum Gasteiger partial charge on any atom is -0.381 e. The largest absolute Gasteiger partial charge is 0.381 e. The summed E-state index contributed by atoms with van der Waals surface area (Å²) >= 11 is 0. The van der Waals surface area contributed by atoms with Gasteiger partial charge in [0.2, 0.25) is 5.91 Å². The van der Waals surface area contributed by atoms with E-state index in [4.69, 9.17) is 4.74 Å². The van der Waals surface area contributed by atoms with Gasteiger partial charge >= 0.3 is 6.03 Å². The fraction of sp³-hybridized carbons (Fsp3) is 0.619. The fourth-order valence-electron chi connectivity index (χ4n) is 4.57. The highest BCUT2D eigenvalue weighted by Crippen LogP contribution is 2.23. The van der Waals surface area contributed by atoms with Crippen LogP contribution in [0.15, 0.2) is 24.3 Å². The van der Waals surface area contributed by atoms with Crippen molar-refractivity contribution in [2.24, 2.45) is 5.92 Å². The molecule has 1 N–H and O–H groups in total. The molecule has 3 heterocycles. The number of amides is 3. The molecule has 3 saturated heterocycles. The van der Waals surface area contributed by atoms with Gasteiger partial charge in [0.05, 0.1) is 0 Å². The van der Waals surface area contributed by atoms with E-state index in [1.807, 2.05) is 4.90 Å². The number of rotatable bonds is 4. The molecule has 0 aliphatic carbocycles. The molecular weight excluding hydrogens is 361 g/mol. The topological polar surface area (TPSA) is 61.9 Å². The molecule has 0 bridgehead atoms. The molecule has 4 rings (SSSR count). The highest BCUT2D eigenvalue weighted by atomic mass is 19.1. The van der Waals surface area contributed by atoms with Crippen LogP contribution in [-0.2, 0) is 16.0 Å². The first-order valence-corrected chi connectivity index (χ1v) is 10.3. The van der Waals surface area contributed by atoms with Crippen LogP contribution in [0.4, 0.5) is 9.18 Å². The Morgan fingerprint density at radius 3 is 2.61 bits per heavy atom. The number of halogens is 1. The molecule has 0 spiro atoms. The lowest BCUT2D eigenvalue weighted by Crippen LogP contribution is -2.49. The molecule has 2 unspecified atom stereocenters. The van der Waals surface area contributed by atoms with E-state index in [-0.39, 0.29) is 23.8 Å². The maximum absolute atomic E-state index is 13.0. The normalized spacial score (nSPS) is 26.1. The molecule has 0 aromatic heterocycles. The average Bonchev–Trinajstić information content (AvgIpc) is 3.32. The van der Waals surface area contributed by atoms with Gasteiger partial charge in [-0.1, -0.05) is 12.1 Å². The molecule has 6 nitrogen and oxygen atoms in total. The average molecular weight is 389 g/mol. The lowest BCUT2D eigenvalue weighted by molar-refractivity contribution is -0.132. The van der Waals surface area contributed by atoms with E-state index in [1.54, 1.807) is 17.0 Å². The SMILES string of the molecule is O=C(NC1CCN(C2CCOCC2)C1=O)N1CCC(Cc2ccc(F)cc2)C1. The Morgan fingerprint density at radius 2 is 1.86 bits per heavy atom. The van der Waals surface area contributed by atoms with Gasteiger partial charge in [-0.15, -0.1) is 0 Å². The first-order chi connectivity index (χ1) is 13.6. The van der Waals surface area contributed by atoms with Crippen molar-refractivity contribution >= 4 is 11.9 Å². The van der Waals surface area contributed by atoms with Crippen molar-refractivity contribution in [3.05, 3.63) is 35.6 Å². The minimum atomic E-state index is -0.411. The summed E-state index contributed by atoms with van der Waals surface area (Å²) in [6.07, 6.45) is 4.20. The van der Waals surface area contributed by atoms with Crippen LogP contribution in [-0.4, -0.2) is 66.7 Å². The molecule has 0 radical (unpaired) electrons. The summed E-state index contributed by atoms with van der Waals surface area (Å²) in [6, 6.07) is 6.26. The summed E-state index contributed by atoms with van der Waals surface area (Å²) in [7, 11) is 0. The molecular formula is C21H28FN3O3. The smallest absolute Gasteiger partial charge is 0.318 e. The van der Waals surface area contributed by atoms with E-state index in [0.29, 0.717) is 45.2 Å². The molecule has 7 heteroatoms. The number of hydrogen-bond acceptors (Lipinski definition) is 3. The molecule has 2 atom stereocenters. The predicted octanol–water partition coefficient (Wildman–Crippen LogP) is 2.18. The van der Waals surface area contributed by atoms with Crippen LogP contribution in [0.25, 0.3) is 0 Å². The zero-order valence-electron chi connectivity index (χ0n) is 16.1. The van der Waals surface area contributed by atoms with Crippen LogP contribution >= 0.6 is 0 Å². The van der Waals surface area contributed by atoms with E-state index < -0.39 is 6.04 Å². The van der Waals surface area contributed by atoms with Crippen LogP contribution in [0.5, 0.6) is 0 Å². The summed E-state index contributed by atoms with van der Waals surface area (Å²) in [5, 5.41) is 2.95. The van der Waals surface area contributed by atoms with E-state index in [1.165, 1.54) is 12.1 Å². The van der Waals surface area contributed by atoms with Crippen LogP contribution in [0, 0.1) is 11.7 Å². The number of likely N-dealkylation sites (tertiary alicyclic amines) is 2. The monoisotopic (exact) mass is 389 g/mol. The van der Waals surface area contributed by atoms with Crippen molar-refractivity contribution in [1.29, 1.82) is 0 Å². The third kappa shape index (κ3) is 4.29. The Hall–Kier alpha value is -2.15. The van der Waals surface area contributed by atoms with Crippen molar-refractivity contribution in [1.82, 2.24) is 15.1 Å². The van der Waals surface area contributed by atoms with Gasteiger partial charge in [0.1, 0.15) is 11.9 Å². The van der Waals surface area contributed by atoms with Crippen molar-refractivity contribution in [3.63, 3.8) is 0 Å². The highest BCUT2D eigenvalue weighted by Gasteiger charge is 2.38. The van der Waals surface area contributed by atoms with Crippen LogP contribution in [0.3, 0.4) is 0 Å². The van der Waals surface area contributed by atoms with Crippen molar-refractivity contribution in [2.45, 2.75) is 44.2 Å². The van der Waals surface area contributed by atoms with Crippen LogP contribution < -0.4 is 5.32 Å². The van der Waals surface area contributed by atoms with Crippen molar-refractivity contribution < 1.29 is 18.7 Å². The summed E-state index contributed by atoms with van der Waals surface area (Å²) in [6.45, 7) is 3.49. The minimum absolute atomic E-state index is 0.0438. The Morgan fingerprint density at radius 1 is 1.11 bits per heavy atom. The Balaban J connectivity index is 1.26. The van der Waals surface area contributed by atoms with Gasteiger partial charge in [0.25, 0.3) is 0 Å². The molecule has 1 aromatic carbocycles. The maximum Gasteiger partial charge on any atom is 0.318 e. The Kier molecular flexibility index (Phi) is 5.80. The number of nitrogens with one attached hydrogen (secondary N) is 1. The van der Waals surface area contributed by atoms with Gasteiger partial charge in [-0.25, -0.2) is 9.18 Å². The second-order valence-corrected chi connectivity index (χ2v) is 8.10. The molecule has 152 valence electrons. The third-order valence-electron chi connectivity index (χ3n) is 6.18. The first-order valence-electron chi connectivity index (χ1n) is 10.3. The second kappa shape index (κ2) is 8.47. The molecule has 0 saturated carbocycles. The highest BCUT2D eigenvalue weighted by molar-refractivity contribution is 5.89. The standard InChI is InChI=1S/C21H28FN3O3/c22-17-3-1-15(2-4-17)13-16-5-9-24(14-16)21(27)23-19-6-10-25(20(19)26)18-7-11-28-12-8-18/h1-4,16,18-19H,5-14H2,(H,23,27). The molecule has 3 aliphatic rings. The van der Waals surface area contributed by atoms with E-state index in [9.17, 15) is 14.0 Å². The number of hydrogen-bond donors (Lipinski definition) is 1. The van der Waals surface area contributed by atoms with Crippen molar-refractivity contribution in [3.8, 4) is 0 Å². The van der Waals surface area contributed by atoms with Crippen molar-refractivity contribution in [2.75, 3.05) is 32.8 Å². The second-order valence-electron chi connectivity index (χ2n) is 8.10. The number of carbonyl (C=O) groups excluding carboxylic acids is 2. The molecule has 3 amide bonds. The zero-order chi connectivity index (χ0) is 19.5. The van der Waals surface area contributed by atoms with Gasteiger partial charge < -0.3 is 19.9 Å². The van der Waals surface area contributed by atoms with Gasteiger partial charge in [0.15, 0.2) is 0 Å². The summed E-state index contributed by atoms with van der Waals surface area (Å²) in [4.78, 5) is 29.1. The van der Waals surface area contributed by atoms with E-state index in [0.717, 1.165) is 31.2 Å². The lowest BCUT2D eigenvalue weighted by Gasteiger charge is -2.31. The number of benzene rings is 1. The van der Waals surface area contributed by atoms with Gasteiger partial charge in [0, 0.05) is 38.9 Å². The Bertz CT molecular complexity index is 705. The zero-order valence-corrected chi connectivity index (χ0v) is 16.1. The van der Waals surface area contributed by atoms with Gasteiger partial charge in [-0.05, 0) is 55.7 Å². The third-order valence-corrected chi connectivity index (χ3v) is 6.18. The predicted molar refractivity (Wildman–Crippen MR) is 102 cm³/mol. The Labute approximate surface area is 165 Å². The number of ether oxygens (including phenoxy) is 1. The summed E-state index contributed by atoms with van der Waals surface area (Å²) in [5.74, 6) is 0.184. The molecule has 3 aliphatic heterocycles. The number of carbonyl (C=O) groups is 2. The van der Waals surface area contributed by atoms with Crippen LogP contribution in [0.2, 0.25) is 0 Å². The quantitative estimate of drug-likeness (QED) is 0.859. The van der Waals surface area contributed by atoms with Crippen LogP contribution in [0.1, 0.15) is 31.2 Å². The summed E-state index contributed by atoms with van der Waals surface area (Å²) in [5.41, 5.74) is 1.09. The number of urea groups is 1.